The van der Waals surface area contributed by atoms with Crippen molar-refractivity contribution in [3.8, 4) is 0 Å². The lowest BCUT2D eigenvalue weighted by atomic mass is 10.3. The molecule has 0 radical (unpaired) electrons. The van der Waals surface area contributed by atoms with Crippen LogP contribution in [0.5, 0.6) is 0 Å². The lowest BCUT2D eigenvalue weighted by Crippen LogP contribution is -2.28. The summed E-state index contributed by atoms with van der Waals surface area (Å²) < 4.78 is 4.71. The summed E-state index contributed by atoms with van der Waals surface area (Å²) in [7, 11) is 0. The zero-order valence-electron chi connectivity index (χ0n) is 9.81. The predicted octanol–water partition coefficient (Wildman–Crippen LogP) is 3.15. The monoisotopic (exact) mass is 242 g/mol. The molecule has 0 aliphatic carbocycles. The molecule has 0 atom stereocenters. The number of hydrogen-bond donors (Lipinski definition) is 0. The summed E-state index contributed by atoms with van der Waals surface area (Å²) in [6.45, 7) is 5.74. The zero-order valence-corrected chi connectivity index (χ0v) is 10.6. The average molecular weight is 242 g/mol. The number of aromatic nitrogens is 1. The lowest BCUT2D eigenvalue weighted by molar-refractivity contribution is 0.225. The molecule has 0 saturated heterocycles. The van der Waals surface area contributed by atoms with Crippen molar-refractivity contribution in [2.45, 2.75) is 32.4 Å². The van der Waals surface area contributed by atoms with Gasteiger partial charge in [-0.3, -0.25) is 4.79 Å². The third kappa shape index (κ3) is 4.26. The fourth-order valence-electron chi connectivity index (χ4n) is 1.27. The highest BCUT2D eigenvalue weighted by Crippen LogP contribution is 2.15. The van der Waals surface area contributed by atoms with E-state index in [-0.39, 0.29) is 5.24 Å². The molecule has 1 rings (SSSR count). The molecule has 0 unspecified atom stereocenters. The Balaban J connectivity index is 2.31. The lowest BCUT2D eigenvalue weighted by Gasteiger charge is -2.19. The van der Waals surface area contributed by atoms with Crippen molar-refractivity contribution in [2.75, 3.05) is 13.1 Å². The molecule has 4 nitrogen and oxygen atoms in total. The molecule has 0 spiro atoms. The number of amides is 1. The van der Waals surface area contributed by atoms with Gasteiger partial charge in [-0.15, -0.1) is 0 Å². The molecule has 5 heteroatoms. The van der Waals surface area contributed by atoms with Gasteiger partial charge in [-0.25, -0.2) is 0 Å². The summed E-state index contributed by atoms with van der Waals surface area (Å²) >= 11 is 1.28. The minimum Gasteiger partial charge on any atom is -0.364 e. The third-order valence-electron chi connectivity index (χ3n) is 2.26. The molecule has 0 aromatic carbocycles. The Morgan fingerprint density at radius 3 is 2.94 bits per heavy atom. The van der Waals surface area contributed by atoms with Crippen molar-refractivity contribution < 1.29 is 9.32 Å². The van der Waals surface area contributed by atoms with Crippen molar-refractivity contribution in [3.63, 3.8) is 0 Å². The second-order valence-corrected chi connectivity index (χ2v) is 4.41. The standard InChI is InChI=1S/C11H18N2O2S/c1-3-5-7-13(4-2)11(14)16-9-10-6-8-15-12-10/h6,8H,3-5,7,9H2,1-2H3. The van der Waals surface area contributed by atoms with Crippen LogP contribution in [-0.2, 0) is 5.75 Å². The first-order chi connectivity index (χ1) is 7.77. The Bertz CT molecular complexity index is 301. The minimum absolute atomic E-state index is 0.124. The van der Waals surface area contributed by atoms with Crippen molar-refractivity contribution >= 4 is 17.0 Å². The van der Waals surface area contributed by atoms with Gasteiger partial charge in [-0.1, -0.05) is 30.3 Å². The molecule has 0 saturated carbocycles. The summed E-state index contributed by atoms with van der Waals surface area (Å²) in [5.41, 5.74) is 0.810. The number of thioether (sulfide) groups is 1. The first kappa shape index (κ1) is 13.1. The summed E-state index contributed by atoms with van der Waals surface area (Å²) in [6.07, 6.45) is 3.69. The quantitative estimate of drug-likeness (QED) is 0.768. The SMILES string of the molecule is CCCCN(CC)C(=O)SCc1ccon1. The number of hydrogen-bond acceptors (Lipinski definition) is 4. The number of carbonyl (C=O) groups excluding carboxylic acids is 1. The number of unbranched alkanes of at least 4 members (excludes halogenated alkanes) is 1. The Morgan fingerprint density at radius 1 is 1.56 bits per heavy atom. The van der Waals surface area contributed by atoms with Gasteiger partial charge in [0.05, 0.1) is 5.69 Å². The molecule has 90 valence electrons. The third-order valence-corrected chi connectivity index (χ3v) is 3.20. The minimum atomic E-state index is 0.124. The fraction of sp³-hybridized carbons (Fsp3) is 0.636. The van der Waals surface area contributed by atoms with E-state index in [9.17, 15) is 4.79 Å². The molecule has 0 aliphatic rings. The van der Waals surface area contributed by atoms with Gasteiger partial charge >= 0.3 is 0 Å². The number of nitrogens with zero attached hydrogens (tertiary/aromatic N) is 2. The highest BCUT2D eigenvalue weighted by atomic mass is 32.2. The van der Waals surface area contributed by atoms with Crippen LogP contribution in [0.2, 0.25) is 0 Å². The van der Waals surface area contributed by atoms with Crippen molar-refractivity contribution in [3.05, 3.63) is 18.0 Å². The molecule has 16 heavy (non-hydrogen) atoms. The molecular weight excluding hydrogens is 224 g/mol. The van der Waals surface area contributed by atoms with E-state index in [2.05, 4.69) is 12.1 Å². The van der Waals surface area contributed by atoms with Crippen LogP contribution in [0.25, 0.3) is 0 Å². The molecule has 1 aromatic rings. The summed E-state index contributed by atoms with van der Waals surface area (Å²) in [6, 6.07) is 1.78. The van der Waals surface area contributed by atoms with Gasteiger partial charge in [0.15, 0.2) is 0 Å². The summed E-state index contributed by atoms with van der Waals surface area (Å²) in [5.74, 6) is 0.581. The zero-order chi connectivity index (χ0) is 11.8. The van der Waals surface area contributed by atoms with Crippen molar-refractivity contribution in [1.82, 2.24) is 10.1 Å². The van der Waals surface area contributed by atoms with E-state index in [1.807, 2.05) is 11.8 Å². The van der Waals surface area contributed by atoms with Gasteiger partial charge in [0.1, 0.15) is 6.26 Å². The maximum Gasteiger partial charge on any atom is 0.282 e. The maximum absolute atomic E-state index is 11.8. The van der Waals surface area contributed by atoms with Gasteiger partial charge in [0, 0.05) is 24.9 Å². The van der Waals surface area contributed by atoms with Crippen LogP contribution >= 0.6 is 11.8 Å². The summed E-state index contributed by atoms with van der Waals surface area (Å²) in [5, 5.41) is 3.89. The Labute approximate surface area is 100 Å². The van der Waals surface area contributed by atoms with E-state index < -0.39 is 0 Å². The smallest absolute Gasteiger partial charge is 0.282 e. The van der Waals surface area contributed by atoms with E-state index in [1.54, 1.807) is 6.07 Å². The van der Waals surface area contributed by atoms with Crippen LogP contribution in [0.3, 0.4) is 0 Å². The average Bonchev–Trinajstić information content (AvgIpc) is 2.80. The van der Waals surface area contributed by atoms with E-state index in [0.29, 0.717) is 5.75 Å². The molecule has 0 fully saturated rings. The molecule has 1 aromatic heterocycles. The van der Waals surface area contributed by atoms with Crippen LogP contribution in [-0.4, -0.2) is 28.4 Å². The van der Waals surface area contributed by atoms with Gasteiger partial charge < -0.3 is 9.42 Å². The largest absolute Gasteiger partial charge is 0.364 e. The number of carbonyl (C=O) groups is 1. The fourth-order valence-corrected chi connectivity index (χ4v) is 2.09. The van der Waals surface area contributed by atoms with E-state index in [4.69, 9.17) is 4.52 Å². The van der Waals surface area contributed by atoms with Crippen molar-refractivity contribution in [1.29, 1.82) is 0 Å². The molecule has 0 aliphatic heterocycles. The first-order valence-electron chi connectivity index (χ1n) is 5.58. The second-order valence-electron chi connectivity index (χ2n) is 3.48. The molecule has 0 N–H and O–H groups in total. The molecule has 1 amide bonds. The van der Waals surface area contributed by atoms with Gasteiger partial charge in [0.25, 0.3) is 5.24 Å². The van der Waals surface area contributed by atoms with E-state index >= 15 is 0 Å². The normalized spacial score (nSPS) is 10.4. The van der Waals surface area contributed by atoms with E-state index in [1.165, 1.54) is 18.0 Å². The molecular formula is C11H18N2O2S. The topological polar surface area (TPSA) is 46.3 Å². The van der Waals surface area contributed by atoms with Crippen LogP contribution < -0.4 is 0 Å². The maximum atomic E-state index is 11.8. The predicted molar refractivity (Wildman–Crippen MR) is 65.3 cm³/mol. The van der Waals surface area contributed by atoms with Crippen LogP contribution in [0, 0.1) is 0 Å². The van der Waals surface area contributed by atoms with Crippen LogP contribution in [0.15, 0.2) is 16.9 Å². The van der Waals surface area contributed by atoms with Crippen molar-refractivity contribution in [2.24, 2.45) is 0 Å². The molecule has 0 bridgehead atoms. The van der Waals surface area contributed by atoms with Crippen LogP contribution in [0.1, 0.15) is 32.4 Å². The van der Waals surface area contributed by atoms with Crippen LogP contribution in [0.4, 0.5) is 4.79 Å². The van der Waals surface area contributed by atoms with Gasteiger partial charge in [-0.05, 0) is 13.3 Å². The first-order valence-corrected chi connectivity index (χ1v) is 6.57. The number of rotatable bonds is 6. The highest BCUT2D eigenvalue weighted by Gasteiger charge is 2.12. The highest BCUT2D eigenvalue weighted by molar-refractivity contribution is 8.12. The van der Waals surface area contributed by atoms with E-state index in [0.717, 1.165) is 31.6 Å². The summed E-state index contributed by atoms with van der Waals surface area (Å²) in [4.78, 5) is 13.7. The van der Waals surface area contributed by atoms with Gasteiger partial charge in [0.2, 0.25) is 0 Å². The second kappa shape index (κ2) is 7.33. The Hall–Kier alpha value is -0.970. The molecule has 1 heterocycles. The Kier molecular flexibility index (Phi) is 6.00. The Morgan fingerprint density at radius 2 is 2.38 bits per heavy atom. The van der Waals surface area contributed by atoms with Gasteiger partial charge in [-0.2, -0.15) is 0 Å².